The molecule has 4 nitrogen and oxygen atoms in total. The van der Waals surface area contributed by atoms with Gasteiger partial charge in [0.05, 0.1) is 0 Å². The Morgan fingerprint density at radius 2 is 2.13 bits per heavy atom. The molecule has 0 atom stereocenters. The van der Waals surface area contributed by atoms with Crippen molar-refractivity contribution in [1.82, 2.24) is 10.2 Å². The first-order chi connectivity index (χ1) is 7.25. The lowest BCUT2D eigenvalue weighted by atomic mass is 10.2. The molecule has 0 aliphatic carbocycles. The van der Waals surface area contributed by atoms with Crippen LogP contribution in [0.3, 0.4) is 0 Å². The summed E-state index contributed by atoms with van der Waals surface area (Å²) in [5.74, 6) is 0.211. The largest absolute Gasteiger partial charge is 0.507 e. The number of para-hydroxylation sites is 1. The minimum absolute atomic E-state index is 0.211. The number of aryl methyl sites for hydroxylation is 1. The van der Waals surface area contributed by atoms with Crippen molar-refractivity contribution in [3.63, 3.8) is 0 Å². The van der Waals surface area contributed by atoms with Crippen LogP contribution in [0.5, 0.6) is 5.75 Å². The van der Waals surface area contributed by atoms with Crippen LogP contribution in [0.15, 0.2) is 29.3 Å². The van der Waals surface area contributed by atoms with E-state index in [1.165, 1.54) is 11.3 Å². The summed E-state index contributed by atoms with van der Waals surface area (Å²) >= 11 is 1.41. The lowest BCUT2D eigenvalue weighted by molar-refractivity contribution is 0.474. The summed E-state index contributed by atoms with van der Waals surface area (Å²) in [6, 6.07) is 7.01. The minimum Gasteiger partial charge on any atom is -0.507 e. The average molecular weight is 219 g/mol. The second kappa shape index (κ2) is 4.18. The van der Waals surface area contributed by atoms with Gasteiger partial charge in [-0.25, -0.2) is 4.99 Å². The van der Waals surface area contributed by atoms with Gasteiger partial charge in [0.15, 0.2) is 0 Å². The Balaban J connectivity index is 2.22. The van der Waals surface area contributed by atoms with Crippen LogP contribution in [0.25, 0.3) is 0 Å². The number of nitrogens with zero attached hydrogens (tertiary/aromatic N) is 3. The van der Waals surface area contributed by atoms with Crippen LogP contribution in [0.1, 0.15) is 10.6 Å². The van der Waals surface area contributed by atoms with Crippen LogP contribution >= 0.6 is 11.3 Å². The minimum atomic E-state index is 0.211. The van der Waals surface area contributed by atoms with E-state index in [-0.39, 0.29) is 5.75 Å². The van der Waals surface area contributed by atoms with Crippen molar-refractivity contribution in [1.29, 1.82) is 0 Å². The van der Waals surface area contributed by atoms with Crippen molar-refractivity contribution >= 4 is 22.7 Å². The summed E-state index contributed by atoms with van der Waals surface area (Å²) in [7, 11) is 0. The van der Waals surface area contributed by atoms with Gasteiger partial charge in [-0.2, -0.15) is 0 Å². The summed E-state index contributed by atoms with van der Waals surface area (Å²) in [5, 5.41) is 18.6. The molecule has 15 heavy (non-hydrogen) atoms. The number of hydrogen-bond donors (Lipinski definition) is 1. The molecule has 0 amide bonds. The molecule has 1 aromatic heterocycles. The lowest BCUT2D eigenvalue weighted by Crippen LogP contribution is -1.80. The first-order valence-corrected chi connectivity index (χ1v) is 5.19. The molecule has 0 unspecified atom stereocenters. The molecule has 2 aromatic rings. The Morgan fingerprint density at radius 1 is 1.33 bits per heavy atom. The van der Waals surface area contributed by atoms with Gasteiger partial charge in [-0.1, -0.05) is 23.5 Å². The zero-order valence-electron chi connectivity index (χ0n) is 8.08. The summed E-state index contributed by atoms with van der Waals surface area (Å²) in [6.45, 7) is 1.87. The van der Waals surface area contributed by atoms with Crippen molar-refractivity contribution < 1.29 is 5.11 Å². The van der Waals surface area contributed by atoms with Gasteiger partial charge < -0.3 is 5.11 Å². The van der Waals surface area contributed by atoms with Crippen LogP contribution in [-0.4, -0.2) is 21.5 Å². The Kier molecular flexibility index (Phi) is 2.73. The third-order valence-corrected chi connectivity index (χ3v) is 2.51. The fraction of sp³-hybridized carbons (Fsp3) is 0.100. The Morgan fingerprint density at radius 3 is 2.80 bits per heavy atom. The average Bonchev–Trinajstić information content (AvgIpc) is 2.63. The van der Waals surface area contributed by atoms with Crippen LogP contribution < -0.4 is 0 Å². The maximum absolute atomic E-state index is 9.47. The highest BCUT2D eigenvalue weighted by Crippen LogP contribution is 2.19. The number of aromatic nitrogens is 2. The topological polar surface area (TPSA) is 58.4 Å². The molecule has 1 heterocycles. The van der Waals surface area contributed by atoms with Crippen molar-refractivity contribution in [3.05, 3.63) is 34.8 Å². The standard InChI is InChI=1S/C10H9N3OS/c1-7-12-13-10(15-7)11-6-8-4-2-3-5-9(8)14/h2-6,14H,1H3/b11-6+. The molecule has 0 aliphatic rings. The van der Waals surface area contributed by atoms with Crippen LogP contribution in [0.4, 0.5) is 5.13 Å². The van der Waals surface area contributed by atoms with Gasteiger partial charge in [0, 0.05) is 11.8 Å². The van der Waals surface area contributed by atoms with Crippen LogP contribution in [0.2, 0.25) is 0 Å². The molecular weight excluding hydrogens is 210 g/mol. The second-order valence-corrected chi connectivity index (χ2v) is 4.08. The predicted octanol–water partition coefficient (Wildman–Crippen LogP) is 2.30. The monoisotopic (exact) mass is 219 g/mol. The van der Waals surface area contributed by atoms with Crippen molar-refractivity contribution in [2.75, 3.05) is 0 Å². The number of phenolic OH excluding ortho intramolecular Hbond substituents is 1. The van der Waals surface area contributed by atoms with Gasteiger partial charge in [-0.15, -0.1) is 10.2 Å². The van der Waals surface area contributed by atoms with Crippen molar-refractivity contribution in [3.8, 4) is 5.75 Å². The van der Waals surface area contributed by atoms with E-state index in [4.69, 9.17) is 0 Å². The quantitative estimate of drug-likeness (QED) is 0.788. The lowest BCUT2D eigenvalue weighted by Gasteiger charge is -1.94. The zero-order valence-corrected chi connectivity index (χ0v) is 8.90. The predicted molar refractivity (Wildman–Crippen MR) is 60.0 cm³/mol. The first-order valence-electron chi connectivity index (χ1n) is 4.38. The van der Waals surface area contributed by atoms with Gasteiger partial charge in [-0.05, 0) is 19.1 Å². The smallest absolute Gasteiger partial charge is 0.231 e. The van der Waals surface area contributed by atoms with Gasteiger partial charge in [0.1, 0.15) is 10.8 Å². The van der Waals surface area contributed by atoms with Gasteiger partial charge in [0.25, 0.3) is 0 Å². The number of benzene rings is 1. The van der Waals surface area contributed by atoms with E-state index in [0.29, 0.717) is 10.7 Å². The van der Waals surface area contributed by atoms with Gasteiger partial charge in [0.2, 0.25) is 5.13 Å². The van der Waals surface area contributed by atoms with E-state index >= 15 is 0 Å². The highest BCUT2D eigenvalue weighted by Gasteiger charge is 1.98. The SMILES string of the molecule is Cc1nnc(/N=C/c2ccccc2O)s1. The molecule has 1 N–H and O–H groups in total. The van der Waals surface area contributed by atoms with Crippen LogP contribution in [0, 0.1) is 6.92 Å². The summed E-state index contributed by atoms with van der Waals surface area (Å²) in [6.07, 6.45) is 1.58. The van der Waals surface area contributed by atoms with Gasteiger partial charge >= 0.3 is 0 Å². The van der Waals surface area contributed by atoms with E-state index in [2.05, 4.69) is 15.2 Å². The molecule has 0 fully saturated rings. The number of rotatable bonds is 2. The fourth-order valence-electron chi connectivity index (χ4n) is 1.06. The first kappa shape index (κ1) is 9.79. The normalized spacial score (nSPS) is 11.0. The van der Waals surface area contributed by atoms with Gasteiger partial charge in [-0.3, -0.25) is 0 Å². The summed E-state index contributed by atoms with van der Waals surface area (Å²) < 4.78 is 0. The zero-order chi connectivity index (χ0) is 10.7. The van der Waals surface area contributed by atoms with E-state index in [0.717, 1.165) is 5.01 Å². The fourth-order valence-corrected chi connectivity index (χ4v) is 1.59. The molecule has 2 rings (SSSR count). The molecule has 0 saturated heterocycles. The van der Waals surface area contributed by atoms with E-state index < -0.39 is 0 Å². The number of aromatic hydroxyl groups is 1. The van der Waals surface area contributed by atoms with E-state index in [1.54, 1.807) is 24.4 Å². The molecule has 0 spiro atoms. The number of aliphatic imine (C=N–C) groups is 1. The van der Waals surface area contributed by atoms with E-state index in [9.17, 15) is 5.11 Å². The third-order valence-electron chi connectivity index (χ3n) is 1.77. The second-order valence-electron chi connectivity index (χ2n) is 2.92. The van der Waals surface area contributed by atoms with Crippen molar-refractivity contribution in [2.24, 2.45) is 4.99 Å². The highest BCUT2D eigenvalue weighted by atomic mass is 32.1. The maximum atomic E-state index is 9.47. The number of hydrogen-bond acceptors (Lipinski definition) is 5. The molecule has 0 radical (unpaired) electrons. The molecule has 0 aliphatic heterocycles. The third kappa shape index (κ3) is 2.38. The number of phenols is 1. The Labute approximate surface area is 91.0 Å². The molecule has 1 aromatic carbocycles. The molecule has 0 saturated carbocycles. The highest BCUT2D eigenvalue weighted by molar-refractivity contribution is 7.14. The molecule has 76 valence electrons. The molecular formula is C10H9N3OS. The summed E-state index contributed by atoms with van der Waals surface area (Å²) in [5.41, 5.74) is 0.672. The molecule has 0 bridgehead atoms. The van der Waals surface area contributed by atoms with Crippen molar-refractivity contribution in [2.45, 2.75) is 6.92 Å². The Bertz CT molecular complexity index is 493. The van der Waals surface area contributed by atoms with Crippen LogP contribution in [-0.2, 0) is 0 Å². The maximum Gasteiger partial charge on any atom is 0.231 e. The Hall–Kier alpha value is -1.75. The molecule has 5 heteroatoms. The summed E-state index contributed by atoms with van der Waals surface area (Å²) in [4.78, 5) is 4.12. The van der Waals surface area contributed by atoms with E-state index in [1.807, 2.05) is 13.0 Å².